The maximum absolute atomic E-state index is 11.6. The fraction of sp³-hybridized carbons (Fsp3) is 0.571. The molecule has 2 atom stereocenters. The molecule has 0 aromatic carbocycles. The molecule has 1 fully saturated rings. The van der Waals surface area contributed by atoms with E-state index in [1.807, 2.05) is 20.8 Å². The van der Waals surface area contributed by atoms with Gasteiger partial charge in [0.15, 0.2) is 0 Å². The fourth-order valence-corrected chi connectivity index (χ4v) is 1.86. The number of hydrogen-bond acceptors (Lipinski definition) is 5. The van der Waals surface area contributed by atoms with Crippen LogP contribution in [-0.4, -0.2) is 34.9 Å². The summed E-state index contributed by atoms with van der Waals surface area (Å²) in [5, 5.41) is 14.7. The van der Waals surface area contributed by atoms with Gasteiger partial charge >= 0.3 is 12.1 Å². The highest BCUT2D eigenvalue weighted by Crippen LogP contribution is 2.22. The van der Waals surface area contributed by atoms with Crippen molar-refractivity contribution in [3.8, 4) is 0 Å². The van der Waals surface area contributed by atoms with Crippen molar-refractivity contribution in [2.24, 2.45) is 0 Å². The Bertz CT molecular complexity index is 532. The Morgan fingerprint density at radius 2 is 2.10 bits per heavy atom. The first-order valence-electron chi connectivity index (χ1n) is 6.79. The van der Waals surface area contributed by atoms with Crippen molar-refractivity contribution in [1.29, 1.82) is 0 Å². The number of nitrogens with one attached hydrogen (secondary N) is 2. The summed E-state index contributed by atoms with van der Waals surface area (Å²) in [5.41, 5.74) is -0.511. The molecule has 7 heteroatoms. The number of carboxylic acid groups (broad SMARTS) is 1. The maximum atomic E-state index is 11.6. The molecule has 0 aliphatic heterocycles. The summed E-state index contributed by atoms with van der Waals surface area (Å²) >= 11 is 0. The van der Waals surface area contributed by atoms with Gasteiger partial charge in [0.1, 0.15) is 11.4 Å². The molecule has 7 nitrogen and oxygen atoms in total. The summed E-state index contributed by atoms with van der Waals surface area (Å²) in [6.07, 6.45) is 0.383. The number of ether oxygens (including phenoxy) is 1. The molecule has 0 spiro atoms. The lowest BCUT2D eigenvalue weighted by Crippen LogP contribution is -2.36. The van der Waals surface area contributed by atoms with Gasteiger partial charge in [-0.15, -0.1) is 0 Å². The largest absolute Gasteiger partial charge is 0.475 e. The summed E-state index contributed by atoms with van der Waals surface area (Å²) in [6, 6.07) is 3.22. The van der Waals surface area contributed by atoms with E-state index in [4.69, 9.17) is 14.3 Å². The van der Waals surface area contributed by atoms with Crippen LogP contribution in [0.1, 0.15) is 43.5 Å². The molecule has 1 aliphatic carbocycles. The van der Waals surface area contributed by atoms with Gasteiger partial charge in [-0.25, -0.2) is 9.59 Å². The maximum Gasteiger partial charge on any atom is 0.407 e. The van der Waals surface area contributed by atoms with Crippen molar-refractivity contribution < 1.29 is 23.8 Å². The Hall–Kier alpha value is -2.02. The molecule has 0 saturated heterocycles. The summed E-state index contributed by atoms with van der Waals surface area (Å²) in [4.78, 5) is 22.2. The second-order valence-corrected chi connectivity index (χ2v) is 6.05. The average molecular weight is 296 g/mol. The molecule has 1 saturated carbocycles. The number of rotatable bonds is 5. The van der Waals surface area contributed by atoms with Crippen LogP contribution >= 0.6 is 0 Å². The van der Waals surface area contributed by atoms with E-state index in [-0.39, 0.29) is 17.8 Å². The van der Waals surface area contributed by atoms with Crippen LogP contribution in [0.2, 0.25) is 0 Å². The number of hydrogen-bond donors (Lipinski definition) is 3. The molecule has 21 heavy (non-hydrogen) atoms. The molecule has 2 unspecified atom stereocenters. The number of amides is 1. The van der Waals surface area contributed by atoms with Crippen LogP contribution in [0.25, 0.3) is 0 Å². The van der Waals surface area contributed by atoms with Crippen molar-refractivity contribution >= 4 is 12.1 Å². The third-order valence-corrected chi connectivity index (χ3v) is 2.90. The van der Waals surface area contributed by atoms with E-state index in [2.05, 4.69) is 10.6 Å². The first-order valence-corrected chi connectivity index (χ1v) is 6.79. The third-order valence-electron chi connectivity index (χ3n) is 2.90. The molecule has 2 rings (SSSR count). The molecule has 0 bridgehead atoms. The van der Waals surface area contributed by atoms with Gasteiger partial charge in [0.05, 0.1) is 6.54 Å². The highest BCUT2D eigenvalue weighted by Gasteiger charge is 2.39. The smallest absolute Gasteiger partial charge is 0.407 e. The minimum Gasteiger partial charge on any atom is -0.475 e. The molecular formula is C14H20N2O5. The van der Waals surface area contributed by atoms with Gasteiger partial charge in [0.2, 0.25) is 5.76 Å². The summed E-state index contributed by atoms with van der Waals surface area (Å²) < 4.78 is 10.3. The van der Waals surface area contributed by atoms with Gasteiger partial charge < -0.3 is 24.9 Å². The predicted octanol–water partition coefficient (Wildman–Crippen LogP) is 1.73. The topological polar surface area (TPSA) is 101 Å². The predicted molar refractivity (Wildman–Crippen MR) is 74.1 cm³/mol. The first kappa shape index (κ1) is 15.4. The Labute approximate surface area is 122 Å². The molecular weight excluding hydrogens is 276 g/mol. The molecule has 1 amide bonds. The number of carbonyl (C=O) groups excluding carboxylic acids is 1. The molecule has 116 valence electrons. The number of aromatic carboxylic acids is 1. The summed E-state index contributed by atoms with van der Waals surface area (Å²) in [7, 11) is 0. The Morgan fingerprint density at radius 3 is 2.67 bits per heavy atom. The van der Waals surface area contributed by atoms with E-state index in [0.29, 0.717) is 12.3 Å². The van der Waals surface area contributed by atoms with Crippen molar-refractivity contribution in [1.82, 2.24) is 10.6 Å². The SMILES string of the molecule is CC(C)(C)OC(=O)NC1CC1NCc1ccc(C(=O)O)o1. The van der Waals surface area contributed by atoms with E-state index in [1.54, 1.807) is 6.07 Å². The second-order valence-electron chi connectivity index (χ2n) is 6.05. The molecule has 1 aromatic rings. The molecule has 0 radical (unpaired) electrons. The van der Waals surface area contributed by atoms with Gasteiger partial charge in [-0.2, -0.15) is 0 Å². The van der Waals surface area contributed by atoms with Gasteiger partial charge in [-0.3, -0.25) is 0 Å². The van der Waals surface area contributed by atoms with Gasteiger partial charge in [0.25, 0.3) is 0 Å². The zero-order valence-electron chi connectivity index (χ0n) is 12.3. The zero-order chi connectivity index (χ0) is 15.6. The lowest BCUT2D eigenvalue weighted by molar-refractivity contribution is 0.0521. The fourth-order valence-electron chi connectivity index (χ4n) is 1.86. The van der Waals surface area contributed by atoms with Crippen LogP contribution in [0, 0.1) is 0 Å². The number of alkyl carbamates (subject to hydrolysis) is 1. The van der Waals surface area contributed by atoms with Crippen molar-refractivity contribution in [3.05, 3.63) is 23.7 Å². The van der Waals surface area contributed by atoms with Crippen LogP contribution in [0.3, 0.4) is 0 Å². The standard InChI is InChI=1S/C14H20N2O5/c1-14(2,3)21-13(19)16-10-6-9(10)15-7-8-4-5-11(20-8)12(17)18/h4-5,9-10,15H,6-7H2,1-3H3,(H,16,19)(H,17,18). The highest BCUT2D eigenvalue weighted by molar-refractivity contribution is 5.84. The van der Waals surface area contributed by atoms with E-state index in [1.165, 1.54) is 6.07 Å². The Kier molecular flexibility index (Phi) is 4.22. The minimum absolute atomic E-state index is 0.0359. The second kappa shape index (κ2) is 5.77. The third kappa shape index (κ3) is 4.78. The van der Waals surface area contributed by atoms with E-state index in [0.717, 1.165) is 6.42 Å². The monoisotopic (exact) mass is 296 g/mol. The Balaban J connectivity index is 1.70. The van der Waals surface area contributed by atoms with Crippen LogP contribution in [0.4, 0.5) is 4.79 Å². The lowest BCUT2D eigenvalue weighted by Gasteiger charge is -2.19. The van der Waals surface area contributed by atoms with Crippen molar-refractivity contribution in [3.63, 3.8) is 0 Å². The van der Waals surface area contributed by atoms with Crippen molar-refractivity contribution in [2.45, 2.75) is 51.4 Å². The van der Waals surface area contributed by atoms with Crippen LogP contribution in [-0.2, 0) is 11.3 Å². The first-order chi connectivity index (χ1) is 9.74. The van der Waals surface area contributed by atoms with E-state index < -0.39 is 17.7 Å². The normalized spacial score (nSPS) is 20.9. The van der Waals surface area contributed by atoms with Gasteiger partial charge in [-0.1, -0.05) is 0 Å². The number of carboxylic acids is 1. The van der Waals surface area contributed by atoms with Crippen molar-refractivity contribution in [2.75, 3.05) is 0 Å². The van der Waals surface area contributed by atoms with Crippen LogP contribution < -0.4 is 10.6 Å². The Morgan fingerprint density at radius 1 is 1.38 bits per heavy atom. The lowest BCUT2D eigenvalue weighted by atomic mass is 10.2. The van der Waals surface area contributed by atoms with Crippen LogP contribution in [0.15, 0.2) is 16.5 Å². The highest BCUT2D eigenvalue weighted by atomic mass is 16.6. The zero-order valence-corrected chi connectivity index (χ0v) is 12.3. The minimum atomic E-state index is -1.09. The summed E-state index contributed by atoms with van der Waals surface area (Å²) in [5.74, 6) is -0.613. The van der Waals surface area contributed by atoms with Crippen LogP contribution in [0.5, 0.6) is 0 Å². The van der Waals surface area contributed by atoms with E-state index in [9.17, 15) is 9.59 Å². The molecule has 1 heterocycles. The number of carbonyl (C=O) groups is 2. The quantitative estimate of drug-likeness (QED) is 0.765. The summed E-state index contributed by atoms with van der Waals surface area (Å²) in [6.45, 7) is 5.86. The molecule has 1 aromatic heterocycles. The van der Waals surface area contributed by atoms with Gasteiger partial charge in [0, 0.05) is 12.1 Å². The average Bonchev–Trinajstić information content (AvgIpc) is 2.87. The number of furan rings is 1. The molecule has 3 N–H and O–H groups in total. The van der Waals surface area contributed by atoms with E-state index >= 15 is 0 Å². The van der Waals surface area contributed by atoms with Gasteiger partial charge in [-0.05, 0) is 39.3 Å². The molecule has 1 aliphatic rings.